The minimum atomic E-state index is -3.26. The van der Waals surface area contributed by atoms with Gasteiger partial charge in [0.1, 0.15) is 11.3 Å². The Morgan fingerprint density at radius 1 is 1.22 bits per heavy atom. The summed E-state index contributed by atoms with van der Waals surface area (Å²) >= 11 is 1.48. The summed E-state index contributed by atoms with van der Waals surface area (Å²) in [4.78, 5) is 18.8. The number of anilines is 2. The molecule has 1 amide bonds. The number of benzene rings is 2. The number of ether oxygens (including phenoxy) is 1. The third kappa shape index (κ3) is 4.37. The van der Waals surface area contributed by atoms with Gasteiger partial charge in [0.25, 0.3) is 0 Å². The Bertz CT molecular complexity index is 1080. The maximum atomic E-state index is 12.3. The van der Waals surface area contributed by atoms with Gasteiger partial charge in [-0.3, -0.25) is 4.79 Å². The number of nitrogens with zero attached hydrogens (tertiary/aromatic N) is 2. The van der Waals surface area contributed by atoms with Gasteiger partial charge in [0.05, 0.1) is 23.2 Å². The first-order chi connectivity index (χ1) is 12.8. The van der Waals surface area contributed by atoms with Crippen molar-refractivity contribution in [1.82, 2.24) is 4.98 Å². The van der Waals surface area contributed by atoms with Crippen LogP contribution in [-0.4, -0.2) is 46.3 Å². The third-order valence-corrected chi connectivity index (χ3v) is 6.13. The van der Waals surface area contributed by atoms with Crippen LogP contribution in [0.25, 0.3) is 10.2 Å². The van der Waals surface area contributed by atoms with Crippen LogP contribution < -0.4 is 15.0 Å². The zero-order valence-corrected chi connectivity index (χ0v) is 16.7. The van der Waals surface area contributed by atoms with E-state index >= 15 is 0 Å². The Labute approximate surface area is 161 Å². The molecule has 0 aliphatic carbocycles. The van der Waals surface area contributed by atoms with E-state index < -0.39 is 9.84 Å². The van der Waals surface area contributed by atoms with Gasteiger partial charge in [0.15, 0.2) is 15.0 Å². The number of carbonyl (C=O) groups is 1. The number of sulfone groups is 1. The minimum Gasteiger partial charge on any atom is -0.494 e. The Kier molecular flexibility index (Phi) is 5.33. The zero-order valence-electron chi connectivity index (χ0n) is 15.1. The van der Waals surface area contributed by atoms with Crippen LogP contribution in [0.5, 0.6) is 5.75 Å². The fourth-order valence-electron chi connectivity index (χ4n) is 2.51. The van der Waals surface area contributed by atoms with Gasteiger partial charge in [-0.25, -0.2) is 13.4 Å². The molecular weight excluding hydrogens is 386 g/mol. The molecule has 1 heterocycles. The highest BCUT2D eigenvalue weighted by atomic mass is 32.2. The molecule has 9 heteroatoms. The molecule has 0 fully saturated rings. The van der Waals surface area contributed by atoms with Crippen molar-refractivity contribution in [3.8, 4) is 5.75 Å². The molecule has 27 heavy (non-hydrogen) atoms. The summed E-state index contributed by atoms with van der Waals surface area (Å²) < 4.78 is 29.3. The topological polar surface area (TPSA) is 88.6 Å². The molecule has 0 aliphatic rings. The first kappa shape index (κ1) is 19.1. The predicted octanol–water partition coefficient (Wildman–Crippen LogP) is 2.78. The minimum absolute atomic E-state index is 0.107. The smallest absolute Gasteiger partial charge is 0.243 e. The van der Waals surface area contributed by atoms with Crippen molar-refractivity contribution in [3.63, 3.8) is 0 Å². The monoisotopic (exact) mass is 405 g/mol. The Balaban J connectivity index is 1.69. The fourth-order valence-corrected chi connectivity index (χ4v) is 4.08. The van der Waals surface area contributed by atoms with E-state index in [0.29, 0.717) is 16.6 Å². The first-order valence-electron chi connectivity index (χ1n) is 8.02. The lowest BCUT2D eigenvalue weighted by Crippen LogP contribution is -2.29. The molecule has 0 aliphatic heterocycles. The Morgan fingerprint density at radius 2 is 1.93 bits per heavy atom. The molecule has 3 aromatic rings. The number of hydrogen-bond acceptors (Lipinski definition) is 7. The average molecular weight is 406 g/mol. The molecule has 7 nitrogen and oxygen atoms in total. The maximum absolute atomic E-state index is 12.3. The van der Waals surface area contributed by atoms with E-state index in [9.17, 15) is 13.2 Å². The number of hydrogen-bond donors (Lipinski definition) is 1. The fraction of sp³-hybridized carbons (Fsp3) is 0.222. The molecule has 0 atom stereocenters. The van der Waals surface area contributed by atoms with Crippen molar-refractivity contribution in [3.05, 3.63) is 42.5 Å². The zero-order chi connectivity index (χ0) is 19.6. The summed E-state index contributed by atoms with van der Waals surface area (Å²) in [6.45, 7) is 0.107. The van der Waals surface area contributed by atoms with Gasteiger partial charge in [-0.15, -0.1) is 0 Å². The van der Waals surface area contributed by atoms with Crippen molar-refractivity contribution in [1.29, 1.82) is 0 Å². The second kappa shape index (κ2) is 7.53. The molecule has 1 N–H and O–H groups in total. The molecule has 2 aromatic carbocycles. The number of rotatable bonds is 6. The number of fused-ring (bicyclic) bond motifs is 1. The van der Waals surface area contributed by atoms with Crippen LogP contribution >= 0.6 is 11.3 Å². The molecule has 0 radical (unpaired) electrons. The second-order valence-corrected chi connectivity index (χ2v) is 9.03. The summed E-state index contributed by atoms with van der Waals surface area (Å²) in [6, 6.07) is 11.8. The number of amides is 1. The summed E-state index contributed by atoms with van der Waals surface area (Å²) in [7, 11) is 0.126. The quantitative estimate of drug-likeness (QED) is 0.678. The van der Waals surface area contributed by atoms with E-state index in [-0.39, 0.29) is 17.3 Å². The van der Waals surface area contributed by atoms with Gasteiger partial charge in [-0.05, 0) is 36.4 Å². The van der Waals surface area contributed by atoms with E-state index in [0.717, 1.165) is 16.5 Å². The number of carbonyl (C=O) groups excluding carboxylic acids is 1. The molecule has 0 bridgehead atoms. The summed E-state index contributed by atoms with van der Waals surface area (Å²) in [5.74, 6) is 0.467. The summed E-state index contributed by atoms with van der Waals surface area (Å²) in [5, 5.41) is 3.46. The van der Waals surface area contributed by atoms with Crippen LogP contribution in [0, 0.1) is 0 Å². The van der Waals surface area contributed by atoms with E-state index in [1.54, 1.807) is 31.2 Å². The molecular formula is C18H19N3O4S2. The Hall–Kier alpha value is -2.65. The van der Waals surface area contributed by atoms with E-state index in [1.165, 1.54) is 23.5 Å². The van der Waals surface area contributed by atoms with Crippen LogP contribution in [-0.2, 0) is 14.6 Å². The highest BCUT2D eigenvalue weighted by Crippen LogP contribution is 2.33. The molecule has 0 spiro atoms. The third-order valence-electron chi connectivity index (χ3n) is 3.86. The SMILES string of the molecule is COc1cccc2sc(N(C)CC(=O)Nc3ccc(S(C)(=O)=O)cc3)nc12. The number of nitrogens with one attached hydrogen (secondary N) is 1. The summed E-state index contributed by atoms with van der Waals surface area (Å²) in [6.07, 6.45) is 1.14. The lowest BCUT2D eigenvalue weighted by Gasteiger charge is -2.15. The van der Waals surface area contributed by atoms with Crippen molar-refractivity contribution >= 4 is 48.1 Å². The predicted molar refractivity (Wildman–Crippen MR) is 108 cm³/mol. The second-order valence-electron chi connectivity index (χ2n) is 6.00. The van der Waals surface area contributed by atoms with Crippen molar-refractivity contribution in [2.24, 2.45) is 0 Å². The molecule has 0 saturated carbocycles. The van der Waals surface area contributed by atoms with Gasteiger partial charge < -0.3 is 15.0 Å². The molecule has 3 rings (SSSR count). The first-order valence-corrected chi connectivity index (χ1v) is 10.7. The largest absolute Gasteiger partial charge is 0.494 e. The summed E-state index contributed by atoms with van der Waals surface area (Å²) in [5.41, 5.74) is 1.30. The number of para-hydroxylation sites is 1. The average Bonchev–Trinajstić information content (AvgIpc) is 3.05. The standard InChI is InChI=1S/C18H19N3O4S2/c1-21(18-20-17-14(25-2)5-4-6-15(17)26-18)11-16(22)19-12-7-9-13(10-8-12)27(3,23)24/h4-10H,11H2,1-3H3,(H,19,22). The van der Waals surface area contributed by atoms with E-state index in [1.807, 2.05) is 18.2 Å². The van der Waals surface area contributed by atoms with E-state index in [2.05, 4.69) is 10.3 Å². The number of likely N-dealkylation sites (N-methyl/N-ethyl adjacent to an activating group) is 1. The highest BCUT2D eigenvalue weighted by molar-refractivity contribution is 7.90. The van der Waals surface area contributed by atoms with Crippen LogP contribution in [0.1, 0.15) is 0 Å². The number of thiazole rings is 1. The van der Waals surface area contributed by atoms with Gasteiger partial charge >= 0.3 is 0 Å². The van der Waals surface area contributed by atoms with E-state index in [4.69, 9.17) is 4.74 Å². The van der Waals surface area contributed by atoms with Gasteiger partial charge in [0.2, 0.25) is 5.91 Å². The van der Waals surface area contributed by atoms with Gasteiger partial charge in [0, 0.05) is 19.0 Å². The van der Waals surface area contributed by atoms with Crippen LogP contribution in [0.15, 0.2) is 47.4 Å². The van der Waals surface area contributed by atoms with Gasteiger partial charge in [-0.1, -0.05) is 17.4 Å². The molecule has 1 aromatic heterocycles. The van der Waals surface area contributed by atoms with Crippen molar-refractivity contribution in [2.45, 2.75) is 4.90 Å². The van der Waals surface area contributed by atoms with Crippen molar-refractivity contribution in [2.75, 3.05) is 37.2 Å². The van der Waals surface area contributed by atoms with Crippen LogP contribution in [0.3, 0.4) is 0 Å². The molecule has 0 saturated heterocycles. The lowest BCUT2D eigenvalue weighted by atomic mass is 10.3. The number of methoxy groups -OCH3 is 1. The molecule has 0 unspecified atom stereocenters. The highest BCUT2D eigenvalue weighted by Gasteiger charge is 2.15. The Morgan fingerprint density at radius 3 is 2.56 bits per heavy atom. The van der Waals surface area contributed by atoms with Crippen LogP contribution in [0.4, 0.5) is 10.8 Å². The lowest BCUT2D eigenvalue weighted by molar-refractivity contribution is -0.114. The number of aromatic nitrogens is 1. The van der Waals surface area contributed by atoms with Crippen molar-refractivity contribution < 1.29 is 17.9 Å². The maximum Gasteiger partial charge on any atom is 0.243 e. The molecule has 142 valence electrons. The van der Waals surface area contributed by atoms with Gasteiger partial charge in [-0.2, -0.15) is 0 Å². The van der Waals surface area contributed by atoms with Crippen LogP contribution in [0.2, 0.25) is 0 Å². The normalized spacial score (nSPS) is 11.4.